The summed E-state index contributed by atoms with van der Waals surface area (Å²) >= 11 is -1.51. The van der Waals surface area contributed by atoms with Crippen molar-refractivity contribution in [3.05, 3.63) is 59.7 Å². The van der Waals surface area contributed by atoms with Crippen LogP contribution in [0, 0.1) is 6.92 Å². The Balaban J connectivity index is 1.64. The van der Waals surface area contributed by atoms with Crippen LogP contribution in [0.15, 0.2) is 53.4 Å². The quantitative estimate of drug-likeness (QED) is 0.756. The highest BCUT2D eigenvalue weighted by molar-refractivity contribution is 7.80. The summed E-state index contributed by atoms with van der Waals surface area (Å²) in [5.74, 6) is 1.42. The molecule has 4 heteroatoms. The van der Waals surface area contributed by atoms with Crippen LogP contribution in [0.25, 0.3) is 0 Å². The first-order chi connectivity index (χ1) is 11.6. The Morgan fingerprint density at radius 3 is 2.38 bits per heavy atom. The van der Waals surface area contributed by atoms with Crippen molar-refractivity contribution >= 4 is 16.9 Å². The SMILES string of the molecule is Cc1ccc(S(=O)Oc2ccc(C3CCCC(=O)CC3)cc2)cc1. The maximum Gasteiger partial charge on any atom is 0.240 e. The van der Waals surface area contributed by atoms with Crippen LogP contribution in [-0.2, 0) is 15.9 Å². The molecule has 0 amide bonds. The Hall–Kier alpha value is -1.94. The molecule has 1 saturated carbocycles. The number of aryl methyl sites for hydroxylation is 1. The molecule has 1 fully saturated rings. The molecule has 126 valence electrons. The topological polar surface area (TPSA) is 43.4 Å². The van der Waals surface area contributed by atoms with Crippen LogP contribution in [0.5, 0.6) is 5.75 Å². The highest BCUT2D eigenvalue weighted by atomic mass is 32.2. The van der Waals surface area contributed by atoms with Gasteiger partial charge < -0.3 is 4.18 Å². The number of carbonyl (C=O) groups excluding carboxylic acids is 1. The molecule has 24 heavy (non-hydrogen) atoms. The third-order valence-corrected chi connectivity index (χ3v) is 5.52. The summed E-state index contributed by atoms with van der Waals surface area (Å²) in [6.45, 7) is 1.99. The van der Waals surface area contributed by atoms with Gasteiger partial charge in [0.1, 0.15) is 11.5 Å². The lowest BCUT2D eigenvalue weighted by atomic mass is 9.92. The van der Waals surface area contributed by atoms with Gasteiger partial charge in [0.15, 0.2) is 0 Å². The molecule has 0 N–H and O–H groups in total. The highest BCUT2D eigenvalue weighted by Gasteiger charge is 2.18. The van der Waals surface area contributed by atoms with Gasteiger partial charge in [0, 0.05) is 12.8 Å². The minimum absolute atomic E-state index is 0.381. The molecule has 0 bridgehead atoms. The smallest absolute Gasteiger partial charge is 0.240 e. The molecule has 2 atom stereocenters. The number of hydrogen-bond acceptors (Lipinski definition) is 3. The van der Waals surface area contributed by atoms with E-state index in [0.29, 0.717) is 35.2 Å². The fourth-order valence-corrected chi connectivity index (χ4v) is 3.80. The first-order valence-corrected chi connectivity index (χ1v) is 9.48. The molecular formula is C20H22O3S. The van der Waals surface area contributed by atoms with Crippen molar-refractivity contribution < 1.29 is 13.2 Å². The van der Waals surface area contributed by atoms with E-state index in [0.717, 1.165) is 24.8 Å². The van der Waals surface area contributed by atoms with Crippen LogP contribution in [-0.4, -0.2) is 9.99 Å². The second kappa shape index (κ2) is 7.75. The standard InChI is InChI=1S/C20H22O3S/c1-15-5-13-20(14-6-15)24(22)23-19-11-8-17(9-12-19)16-3-2-4-18(21)10-7-16/h5-6,8-9,11-14,16H,2-4,7,10H2,1H3. The molecule has 2 unspecified atom stereocenters. The summed E-state index contributed by atoms with van der Waals surface area (Å²) < 4.78 is 17.8. The molecule has 1 aliphatic carbocycles. The third kappa shape index (κ3) is 4.32. The van der Waals surface area contributed by atoms with Gasteiger partial charge in [-0.25, -0.2) is 4.21 Å². The summed E-state index contributed by atoms with van der Waals surface area (Å²) in [6.07, 6.45) is 4.35. The molecule has 3 rings (SSSR count). The zero-order valence-electron chi connectivity index (χ0n) is 13.9. The van der Waals surface area contributed by atoms with Gasteiger partial charge in [0.25, 0.3) is 0 Å². The zero-order valence-corrected chi connectivity index (χ0v) is 14.7. The Kier molecular flexibility index (Phi) is 5.46. The second-order valence-corrected chi connectivity index (χ2v) is 7.47. The zero-order chi connectivity index (χ0) is 16.9. The molecule has 0 aliphatic heterocycles. The molecule has 0 saturated heterocycles. The van der Waals surface area contributed by atoms with Gasteiger partial charge in [-0.05, 0) is 61.9 Å². The van der Waals surface area contributed by atoms with Crippen molar-refractivity contribution in [2.45, 2.75) is 49.8 Å². The van der Waals surface area contributed by atoms with Crippen molar-refractivity contribution in [3.63, 3.8) is 0 Å². The summed E-state index contributed by atoms with van der Waals surface area (Å²) in [7, 11) is 0. The van der Waals surface area contributed by atoms with E-state index in [1.165, 1.54) is 5.56 Å². The van der Waals surface area contributed by atoms with Gasteiger partial charge in [-0.1, -0.05) is 29.8 Å². The van der Waals surface area contributed by atoms with Gasteiger partial charge >= 0.3 is 0 Å². The Labute approximate surface area is 145 Å². The molecule has 2 aromatic carbocycles. The Bertz CT molecular complexity index is 720. The maximum atomic E-state index is 12.2. The summed E-state index contributed by atoms with van der Waals surface area (Å²) in [4.78, 5) is 12.2. The average Bonchev–Trinajstić information content (AvgIpc) is 2.81. The monoisotopic (exact) mass is 342 g/mol. The first-order valence-electron chi connectivity index (χ1n) is 8.40. The van der Waals surface area contributed by atoms with Gasteiger partial charge in [0.05, 0.1) is 4.90 Å². The predicted molar refractivity (Wildman–Crippen MR) is 95.5 cm³/mol. The minimum Gasteiger partial charge on any atom is -0.397 e. The third-order valence-electron chi connectivity index (χ3n) is 4.52. The van der Waals surface area contributed by atoms with Gasteiger partial charge in [-0.3, -0.25) is 4.79 Å². The molecule has 0 radical (unpaired) electrons. The normalized spacial score (nSPS) is 19.5. The van der Waals surface area contributed by atoms with Gasteiger partial charge in [-0.15, -0.1) is 0 Å². The summed E-state index contributed by atoms with van der Waals surface area (Å²) in [5.41, 5.74) is 2.36. The minimum atomic E-state index is -1.51. The molecule has 0 spiro atoms. The van der Waals surface area contributed by atoms with Crippen LogP contribution in [0.1, 0.15) is 49.1 Å². The van der Waals surface area contributed by atoms with Crippen LogP contribution >= 0.6 is 0 Å². The maximum absolute atomic E-state index is 12.2. The fourth-order valence-electron chi connectivity index (χ4n) is 3.06. The number of ketones is 1. The lowest BCUT2D eigenvalue weighted by molar-refractivity contribution is -0.118. The van der Waals surface area contributed by atoms with E-state index in [4.69, 9.17) is 4.18 Å². The van der Waals surface area contributed by atoms with Crippen LogP contribution < -0.4 is 4.18 Å². The van der Waals surface area contributed by atoms with E-state index in [1.54, 1.807) is 0 Å². The van der Waals surface area contributed by atoms with Crippen LogP contribution in [0.3, 0.4) is 0 Å². The first kappa shape index (κ1) is 16.9. The molecule has 1 aliphatic rings. The van der Waals surface area contributed by atoms with Crippen LogP contribution in [0.4, 0.5) is 0 Å². The highest BCUT2D eigenvalue weighted by Crippen LogP contribution is 2.31. The fraction of sp³-hybridized carbons (Fsp3) is 0.350. The van der Waals surface area contributed by atoms with E-state index in [1.807, 2.05) is 55.5 Å². The molecule has 0 aromatic heterocycles. The largest absolute Gasteiger partial charge is 0.397 e. The van der Waals surface area contributed by atoms with E-state index in [2.05, 4.69) is 0 Å². The predicted octanol–water partition coefficient (Wildman–Crippen LogP) is 4.71. The second-order valence-electron chi connectivity index (χ2n) is 6.37. The van der Waals surface area contributed by atoms with Crippen molar-refractivity contribution in [3.8, 4) is 5.75 Å². The van der Waals surface area contributed by atoms with Crippen molar-refractivity contribution in [2.24, 2.45) is 0 Å². The molecular weight excluding hydrogens is 320 g/mol. The lowest BCUT2D eigenvalue weighted by Gasteiger charge is -2.14. The summed E-state index contributed by atoms with van der Waals surface area (Å²) in [6, 6.07) is 15.3. The summed E-state index contributed by atoms with van der Waals surface area (Å²) in [5, 5.41) is 0. The van der Waals surface area contributed by atoms with Crippen molar-refractivity contribution in [2.75, 3.05) is 0 Å². The van der Waals surface area contributed by atoms with Crippen LogP contribution in [0.2, 0.25) is 0 Å². The Morgan fingerprint density at radius 1 is 0.958 bits per heavy atom. The number of carbonyl (C=O) groups is 1. The molecule has 3 nitrogen and oxygen atoms in total. The van der Waals surface area contributed by atoms with E-state index >= 15 is 0 Å². The molecule has 2 aromatic rings. The van der Waals surface area contributed by atoms with E-state index < -0.39 is 11.1 Å². The number of benzene rings is 2. The Morgan fingerprint density at radius 2 is 1.67 bits per heavy atom. The number of rotatable bonds is 4. The number of hydrogen-bond donors (Lipinski definition) is 0. The van der Waals surface area contributed by atoms with Crippen molar-refractivity contribution in [1.29, 1.82) is 0 Å². The van der Waals surface area contributed by atoms with Gasteiger partial charge in [0.2, 0.25) is 11.1 Å². The molecule has 0 heterocycles. The average molecular weight is 342 g/mol. The van der Waals surface area contributed by atoms with E-state index in [-0.39, 0.29) is 0 Å². The lowest BCUT2D eigenvalue weighted by Crippen LogP contribution is -2.02. The number of Topliss-reactive ketones (excluding diaryl/α,β-unsaturated/α-hetero) is 1. The van der Waals surface area contributed by atoms with E-state index in [9.17, 15) is 9.00 Å². The van der Waals surface area contributed by atoms with Gasteiger partial charge in [-0.2, -0.15) is 0 Å². The van der Waals surface area contributed by atoms with Crippen molar-refractivity contribution in [1.82, 2.24) is 0 Å².